The van der Waals surface area contributed by atoms with Gasteiger partial charge in [-0.3, -0.25) is 4.79 Å². The lowest BCUT2D eigenvalue weighted by Gasteiger charge is -2.12. The Morgan fingerprint density at radius 1 is 1.10 bits per heavy atom. The number of benzene rings is 1. The smallest absolute Gasteiger partial charge is 0.257 e. The fraction of sp³-hybridized carbons (Fsp3) is 0.400. The van der Waals surface area contributed by atoms with Gasteiger partial charge in [0.1, 0.15) is 18.6 Å². The number of nitrogens with one attached hydrogen (secondary N) is 1. The molecule has 0 saturated heterocycles. The fourth-order valence-corrected chi connectivity index (χ4v) is 5.16. The number of nitrogens with zero attached hydrogens (tertiary/aromatic N) is 1. The van der Waals surface area contributed by atoms with Crippen LogP contribution in [0.3, 0.4) is 0 Å². The van der Waals surface area contributed by atoms with Crippen LogP contribution >= 0.6 is 0 Å². The molecule has 1 aromatic heterocycles. The van der Waals surface area contributed by atoms with Gasteiger partial charge in [0.05, 0.1) is 10.1 Å². The zero-order valence-corrected chi connectivity index (χ0v) is 16.2. The lowest BCUT2D eigenvalue weighted by atomic mass is 9.98. The maximum absolute atomic E-state index is 13.6. The van der Waals surface area contributed by atoms with Crippen molar-refractivity contribution >= 4 is 27.1 Å². The lowest BCUT2D eigenvalue weighted by molar-refractivity contribution is -0.111. The quantitative estimate of drug-likeness (QED) is 0.717. The van der Waals surface area contributed by atoms with Crippen molar-refractivity contribution in [2.24, 2.45) is 5.92 Å². The summed E-state index contributed by atoms with van der Waals surface area (Å²) in [7, 11) is -3.35. The Morgan fingerprint density at radius 2 is 1.76 bits per heavy atom. The lowest BCUT2D eigenvalue weighted by Crippen LogP contribution is -2.15. The normalized spacial score (nSPS) is 25.2. The number of hydrogen-bond donors (Lipinski definition) is 1. The first-order valence-corrected chi connectivity index (χ1v) is 11.0. The van der Waals surface area contributed by atoms with Gasteiger partial charge in [-0.15, -0.1) is 0 Å². The van der Waals surface area contributed by atoms with Gasteiger partial charge >= 0.3 is 0 Å². The van der Waals surface area contributed by atoms with Crippen molar-refractivity contribution in [3.05, 3.63) is 48.2 Å². The molecule has 3 atom stereocenters. The maximum atomic E-state index is 13.6. The first-order chi connectivity index (χ1) is 13.8. The molecule has 0 spiro atoms. The van der Waals surface area contributed by atoms with Crippen molar-refractivity contribution in [2.75, 3.05) is 5.32 Å². The second-order valence-electron chi connectivity index (χ2n) is 7.45. The summed E-state index contributed by atoms with van der Waals surface area (Å²) in [5.41, 5.74) is 0.660. The number of anilines is 1. The zero-order chi connectivity index (χ0) is 20.6. The molecule has 1 heterocycles. The summed E-state index contributed by atoms with van der Waals surface area (Å²) in [5.74, 6) is -0.755. The molecular formula is C20H20F2N2O4S. The predicted molar refractivity (Wildman–Crippen MR) is 102 cm³/mol. The number of carbonyl (C=O) groups is 1. The molecular weight excluding hydrogens is 402 g/mol. The molecule has 0 radical (unpaired) electrons. The molecule has 1 aromatic carbocycles. The molecule has 1 N–H and O–H groups in total. The topological polar surface area (TPSA) is 89.3 Å². The van der Waals surface area contributed by atoms with Gasteiger partial charge < -0.3 is 9.84 Å². The van der Waals surface area contributed by atoms with Crippen molar-refractivity contribution in [1.82, 2.24) is 5.16 Å². The molecule has 2 aliphatic rings. The first-order valence-electron chi connectivity index (χ1n) is 9.40. The van der Waals surface area contributed by atoms with Gasteiger partial charge in [0.15, 0.2) is 15.7 Å². The minimum atomic E-state index is -3.35. The Labute approximate surface area is 166 Å². The van der Waals surface area contributed by atoms with Crippen LogP contribution < -0.4 is 5.32 Å². The second kappa shape index (κ2) is 7.70. The van der Waals surface area contributed by atoms with Gasteiger partial charge in [0.25, 0.3) is 5.91 Å². The molecule has 1 amide bonds. The summed E-state index contributed by atoms with van der Waals surface area (Å²) in [6.45, 7) is 0. The summed E-state index contributed by atoms with van der Waals surface area (Å²) in [4.78, 5) is 13.0. The average molecular weight is 422 g/mol. The summed E-state index contributed by atoms with van der Waals surface area (Å²) >= 11 is 0. The van der Waals surface area contributed by atoms with E-state index in [1.54, 1.807) is 6.08 Å². The van der Waals surface area contributed by atoms with E-state index in [1.165, 1.54) is 36.6 Å². The van der Waals surface area contributed by atoms with Gasteiger partial charge in [-0.1, -0.05) is 23.4 Å². The summed E-state index contributed by atoms with van der Waals surface area (Å²) < 4.78 is 56.6. The van der Waals surface area contributed by atoms with Gasteiger partial charge in [-0.25, -0.2) is 17.2 Å². The van der Waals surface area contributed by atoms with E-state index in [1.807, 2.05) is 0 Å². The van der Waals surface area contributed by atoms with Gasteiger partial charge in [-0.2, -0.15) is 0 Å². The first kappa shape index (κ1) is 19.8. The van der Waals surface area contributed by atoms with Gasteiger partial charge in [0, 0.05) is 11.6 Å². The fourth-order valence-electron chi connectivity index (χ4n) is 3.50. The number of hydrogen-bond acceptors (Lipinski definition) is 5. The van der Waals surface area contributed by atoms with Crippen LogP contribution in [-0.4, -0.2) is 37.1 Å². The van der Waals surface area contributed by atoms with E-state index < -0.39 is 34.0 Å². The van der Waals surface area contributed by atoms with Crippen LogP contribution in [-0.2, 0) is 14.6 Å². The van der Waals surface area contributed by atoms with E-state index in [4.69, 9.17) is 4.52 Å². The molecule has 2 saturated carbocycles. The molecule has 29 heavy (non-hydrogen) atoms. The second-order valence-corrected chi connectivity index (χ2v) is 9.68. The third-order valence-electron chi connectivity index (χ3n) is 5.23. The van der Waals surface area contributed by atoms with Crippen LogP contribution in [0.1, 0.15) is 31.2 Å². The average Bonchev–Trinajstić information content (AvgIpc) is 3.36. The minimum absolute atomic E-state index is 0.00392. The van der Waals surface area contributed by atoms with Crippen LogP contribution in [0.2, 0.25) is 0 Å². The Kier molecular flexibility index (Phi) is 5.24. The van der Waals surface area contributed by atoms with Crippen LogP contribution in [0, 0.1) is 5.92 Å². The molecule has 0 bridgehead atoms. The molecule has 154 valence electrons. The highest BCUT2D eigenvalue weighted by Crippen LogP contribution is 2.36. The highest BCUT2D eigenvalue weighted by Gasteiger charge is 2.37. The Morgan fingerprint density at radius 3 is 2.31 bits per heavy atom. The van der Waals surface area contributed by atoms with Crippen LogP contribution in [0.5, 0.6) is 0 Å². The number of amides is 1. The van der Waals surface area contributed by atoms with Crippen LogP contribution in [0.4, 0.5) is 14.6 Å². The standard InChI is InChI=1S/C20H20F2N2O4S/c21-17-10-12(11-18(17)22)9-16(20(25)23-19-7-8-28-24-19)13-1-3-14(4-2-13)29(26,27)15-5-6-15/h1-4,7-9,12,15,17-18H,5-6,10-11H2,(H,23,24,25)/b16-9+/t12?,17-,18+. The van der Waals surface area contributed by atoms with Crippen molar-refractivity contribution in [1.29, 1.82) is 0 Å². The van der Waals surface area contributed by atoms with E-state index in [2.05, 4.69) is 10.5 Å². The number of allylic oxidation sites excluding steroid dienone is 1. The van der Waals surface area contributed by atoms with Crippen LogP contribution in [0.25, 0.3) is 5.57 Å². The highest BCUT2D eigenvalue weighted by molar-refractivity contribution is 7.92. The van der Waals surface area contributed by atoms with Crippen molar-refractivity contribution < 1.29 is 26.5 Å². The Bertz CT molecular complexity index is 1010. The van der Waals surface area contributed by atoms with Crippen molar-refractivity contribution in [2.45, 2.75) is 48.2 Å². The summed E-state index contributed by atoms with van der Waals surface area (Å²) in [5, 5.41) is 5.87. The van der Waals surface area contributed by atoms with Crippen molar-refractivity contribution in [3.8, 4) is 0 Å². The number of carbonyl (C=O) groups excluding carboxylic acids is 1. The van der Waals surface area contributed by atoms with E-state index in [0.29, 0.717) is 18.4 Å². The molecule has 2 aliphatic carbocycles. The highest BCUT2D eigenvalue weighted by atomic mass is 32.2. The summed E-state index contributed by atoms with van der Waals surface area (Å²) in [6, 6.07) is 7.47. The molecule has 4 rings (SSSR count). The third-order valence-corrected chi connectivity index (χ3v) is 7.51. The van der Waals surface area contributed by atoms with E-state index in [-0.39, 0.29) is 34.4 Å². The van der Waals surface area contributed by atoms with Gasteiger partial charge in [0.2, 0.25) is 0 Å². The minimum Gasteiger partial charge on any atom is -0.363 e. The number of halogens is 2. The maximum Gasteiger partial charge on any atom is 0.257 e. The van der Waals surface area contributed by atoms with Crippen molar-refractivity contribution in [3.63, 3.8) is 0 Å². The summed E-state index contributed by atoms with van der Waals surface area (Å²) in [6.07, 6.45) is 1.05. The molecule has 0 aliphatic heterocycles. The number of alkyl halides is 2. The monoisotopic (exact) mass is 422 g/mol. The molecule has 9 heteroatoms. The zero-order valence-electron chi connectivity index (χ0n) is 15.4. The number of rotatable bonds is 6. The number of sulfone groups is 1. The van der Waals surface area contributed by atoms with E-state index in [9.17, 15) is 22.0 Å². The molecule has 2 aromatic rings. The Hall–Kier alpha value is -2.55. The SMILES string of the molecule is O=C(Nc1ccon1)/C(=C/C1C[C@@H](F)[C@@H](F)C1)c1ccc(S(=O)(=O)C2CC2)cc1. The largest absolute Gasteiger partial charge is 0.363 e. The van der Waals surface area contributed by atoms with E-state index >= 15 is 0 Å². The predicted octanol–water partition coefficient (Wildman–Crippen LogP) is 3.72. The van der Waals surface area contributed by atoms with Gasteiger partial charge in [-0.05, 0) is 49.3 Å². The molecule has 1 unspecified atom stereocenters. The number of aromatic nitrogens is 1. The van der Waals surface area contributed by atoms with E-state index in [0.717, 1.165) is 0 Å². The molecule has 2 fully saturated rings. The third kappa shape index (κ3) is 4.24. The molecule has 6 nitrogen and oxygen atoms in total. The Balaban J connectivity index is 1.63. The van der Waals surface area contributed by atoms with Crippen LogP contribution in [0.15, 0.2) is 52.1 Å².